The summed E-state index contributed by atoms with van der Waals surface area (Å²) >= 11 is 0. The number of rotatable bonds is 6. The van der Waals surface area contributed by atoms with Crippen LogP contribution in [0.3, 0.4) is 0 Å². The molecular weight excluding hydrogens is 274 g/mol. The smallest absolute Gasteiger partial charge is 0.257 e. The van der Waals surface area contributed by atoms with Crippen LogP contribution < -0.4 is 10.6 Å². The topological polar surface area (TPSA) is 46.1 Å². The molecule has 2 aromatic rings. The number of nitrogens with zero attached hydrogens (tertiary/aromatic N) is 1. The molecule has 0 atom stereocenters. The van der Waals surface area contributed by atoms with E-state index >= 15 is 0 Å². The number of hydrogen-bond acceptors (Lipinski definition) is 2. The van der Waals surface area contributed by atoms with Gasteiger partial charge in [0.05, 0.1) is 5.56 Å². The molecule has 0 radical (unpaired) electrons. The van der Waals surface area contributed by atoms with Gasteiger partial charge in [0.2, 0.25) is 0 Å². The van der Waals surface area contributed by atoms with Gasteiger partial charge in [-0.3, -0.25) is 4.79 Å². The van der Waals surface area contributed by atoms with E-state index in [-0.39, 0.29) is 5.91 Å². The van der Waals surface area contributed by atoms with Crippen molar-refractivity contribution in [1.29, 1.82) is 0 Å². The Balaban J connectivity index is 2.15. The summed E-state index contributed by atoms with van der Waals surface area (Å²) in [7, 11) is 0. The van der Waals surface area contributed by atoms with E-state index in [1.165, 1.54) is 5.56 Å². The molecule has 0 fully saturated rings. The van der Waals surface area contributed by atoms with Crippen molar-refractivity contribution in [3.63, 3.8) is 0 Å². The van der Waals surface area contributed by atoms with Crippen molar-refractivity contribution in [2.45, 2.75) is 40.8 Å². The number of aryl methyl sites for hydroxylation is 1. The first-order valence-electron chi connectivity index (χ1n) is 7.84. The van der Waals surface area contributed by atoms with Gasteiger partial charge in [0.1, 0.15) is 0 Å². The zero-order valence-corrected chi connectivity index (χ0v) is 13.9. The highest BCUT2D eigenvalue weighted by Crippen LogP contribution is 2.18. The van der Waals surface area contributed by atoms with Gasteiger partial charge < -0.3 is 15.2 Å². The molecule has 0 aliphatic carbocycles. The molecule has 4 heteroatoms. The average Bonchev–Trinajstić information content (AvgIpc) is 2.80. The van der Waals surface area contributed by atoms with Gasteiger partial charge in [0, 0.05) is 30.2 Å². The van der Waals surface area contributed by atoms with Gasteiger partial charge in [-0.05, 0) is 51.1 Å². The van der Waals surface area contributed by atoms with Gasteiger partial charge in [0.15, 0.2) is 0 Å². The summed E-state index contributed by atoms with van der Waals surface area (Å²) in [5.74, 6) is -0.0478. The van der Waals surface area contributed by atoms with E-state index in [4.69, 9.17) is 0 Å². The Morgan fingerprint density at radius 2 is 1.95 bits per heavy atom. The van der Waals surface area contributed by atoms with E-state index < -0.39 is 0 Å². The predicted molar refractivity (Wildman–Crippen MR) is 91.4 cm³/mol. The Labute approximate surface area is 132 Å². The molecule has 2 rings (SSSR count). The van der Waals surface area contributed by atoms with E-state index in [0.717, 1.165) is 42.3 Å². The van der Waals surface area contributed by atoms with Gasteiger partial charge in [-0.2, -0.15) is 0 Å². The summed E-state index contributed by atoms with van der Waals surface area (Å²) < 4.78 is 2.15. The van der Waals surface area contributed by atoms with Crippen LogP contribution >= 0.6 is 0 Å². The molecule has 0 saturated carbocycles. The second-order valence-corrected chi connectivity index (χ2v) is 5.46. The van der Waals surface area contributed by atoms with Crippen molar-refractivity contribution in [2.24, 2.45) is 0 Å². The number of aromatic nitrogens is 1. The zero-order chi connectivity index (χ0) is 16.1. The first kappa shape index (κ1) is 16.3. The Bertz CT molecular complexity index is 658. The monoisotopic (exact) mass is 299 g/mol. The molecule has 1 aromatic carbocycles. The SMILES string of the molecule is CCNCc1cccc(NC(=O)c2cc(C)n(CC)c2C)c1. The van der Waals surface area contributed by atoms with Crippen LogP contribution in [0.25, 0.3) is 0 Å². The van der Waals surface area contributed by atoms with Gasteiger partial charge in [-0.15, -0.1) is 0 Å². The lowest BCUT2D eigenvalue weighted by Crippen LogP contribution is -2.14. The highest BCUT2D eigenvalue weighted by atomic mass is 16.1. The summed E-state index contributed by atoms with van der Waals surface area (Å²) in [6.07, 6.45) is 0. The number of nitrogens with one attached hydrogen (secondary N) is 2. The number of amides is 1. The first-order valence-corrected chi connectivity index (χ1v) is 7.84. The maximum absolute atomic E-state index is 12.5. The van der Waals surface area contributed by atoms with Crippen LogP contribution in [-0.2, 0) is 13.1 Å². The summed E-state index contributed by atoms with van der Waals surface area (Å²) in [6.45, 7) is 10.8. The Morgan fingerprint density at radius 1 is 1.18 bits per heavy atom. The summed E-state index contributed by atoms with van der Waals surface area (Å²) in [4.78, 5) is 12.5. The quantitative estimate of drug-likeness (QED) is 0.857. The van der Waals surface area contributed by atoms with Crippen molar-refractivity contribution < 1.29 is 4.79 Å². The number of benzene rings is 1. The highest BCUT2D eigenvalue weighted by molar-refractivity contribution is 6.05. The minimum atomic E-state index is -0.0478. The van der Waals surface area contributed by atoms with Crippen LogP contribution in [0.5, 0.6) is 0 Å². The predicted octanol–water partition coefficient (Wildman–Crippen LogP) is 3.49. The van der Waals surface area contributed by atoms with Gasteiger partial charge >= 0.3 is 0 Å². The van der Waals surface area contributed by atoms with E-state index in [1.54, 1.807) is 0 Å². The fourth-order valence-electron chi connectivity index (χ4n) is 2.74. The lowest BCUT2D eigenvalue weighted by molar-refractivity contribution is 0.102. The molecular formula is C18H25N3O. The molecule has 0 spiro atoms. The van der Waals surface area contributed by atoms with E-state index in [2.05, 4.69) is 35.1 Å². The lowest BCUT2D eigenvalue weighted by atomic mass is 10.2. The average molecular weight is 299 g/mol. The van der Waals surface area contributed by atoms with Crippen LogP contribution in [0.15, 0.2) is 30.3 Å². The molecule has 0 unspecified atom stereocenters. The standard InChI is InChI=1S/C18H25N3O/c1-5-19-12-15-8-7-9-16(11-15)20-18(22)17-10-13(3)21(6-2)14(17)4/h7-11,19H,5-6,12H2,1-4H3,(H,20,22). The van der Waals surface area contributed by atoms with Crippen LogP contribution in [0.2, 0.25) is 0 Å². The summed E-state index contributed by atoms with van der Waals surface area (Å²) in [6, 6.07) is 9.92. The minimum Gasteiger partial charge on any atom is -0.349 e. The second-order valence-electron chi connectivity index (χ2n) is 5.46. The molecule has 2 N–H and O–H groups in total. The van der Waals surface area contributed by atoms with Gasteiger partial charge in [0.25, 0.3) is 5.91 Å². The van der Waals surface area contributed by atoms with Crippen molar-refractivity contribution in [3.05, 3.63) is 52.8 Å². The molecule has 1 heterocycles. The lowest BCUT2D eigenvalue weighted by Gasteiger charge is -2.09. The summed E-state index contributed by atoms with van der Waals surface area (Å²) in [5, 5.41) is 6.29. The second kappa shape index (κ2) is 7.27. The zero-order valence-electron chi connectivity index (χ0n) is 13.9. The maximum atomic E-state index is 12.5. The summed E-state index contributed by atoms with van der Waals surface area (Å²) in [5.41, 5.74) is 4.88. The molecule has 1 aromatic heterocycles. The van der Waals surface area contributed by atoms with Gasteiger partial charge in [-0.25, -0.2) is 0 Å². The van der Waals surface area contributed by atoms with Crippen molar-refractivity contribution in [2.75, 3.05) is 11.9 Å². The van der Waals surface area contributed by atoms with Crippen molar-refractivity contribution in [1.82, 2.24) is 9.88 Å². The fourth-order valence-corrected chi connectivity index (χ4v) is 2.74. The Kier molecular flexibility index (Phi) is 5.39. The van der Waals surface area contributed by atoms with E-state index in [9.17, 15) is 4.79 Å². The number of anilines is 1. The van der Waals surface area contributed by atoms with Crippen LogP contribution in [0, 0.1) is 13.8 Å². The first-order chi connectivity index (χ1) is 10.6. The van der Waals surface area contributed by atoms with Crippen LogP contribution in [0.1, 0.15) is 41.2 Å². The fraction of sp³-hybridized carbons (Fsp3) is 0.389. The highest BCUT2D eigenvalue weighted by Gasteiger charge is 2.15. The Morgan fingerprint density at radius 3 is 2.59 bits per heavy atom. The molecule has 22 heavy (non-hydrogen) atoms. The third-order valence-corrected chi connectivity index (χ3v) is 3.90. The minimum absolute atomic E-state index is 0.0478. The number of carbonyl (C=O) groups is 1. The molecule has 0 saturated heterocycles. The van der Waals surface area contributed by atoms with Crippen LogP contribution in [-0.4, -0.2) is 17.0 Å². The molecule has 4 nitrogen and oxygen atoms in total. The Hall–Kier alpha value is -2.07. The largest absolute Gasteiger partial charge is 0.349 e. The normalized spacial score (nSPS) is 10.7. The third kappa shape index (κ3) is 3.57. The van der Waals surface area contributed by atoms with Crippen LogP contribution in [0.4, 0.5) is 5.69 Å². The molecule has 118 valence electrons. The van der Waals surface area contributed by atoms with E-state index in [0.29, 0.717) is 0 Å². The molecule has 0 aliphatic rings. The van der Waals surface area contributed by atoms with Crippen molar-refractivity contribution in [3.8, 4) is 0 Å². The van der Waals surface area contributed by atoms with E-state index in [1.807, 2.05) is 38.1 Å². The molecule has 0 aliphatic heterocycles. The van der Waals surface area contributed by atoms with Crippen molar-refractivity contribution >= 4 is 11.6 Å². The molecule has 0 bridgehead atoms. The molecule has 1 amide bonds. The number of hydrogen-bond donors (Lipinski definition) is 2. The third-order valence-electron chi connectivity index (χ3n) is 3.90. The number of carbonyl (C=O) groups excluding carboxylic acids is 1. The van der Waals surface area contributed by atoms with Gasteiger partial charge in [-0.1, -0.05) is 19.1 Å². The maximum Gasteiger partial charge on any atom is 0.257 e.